The third-order valence-corrected chi connectivity index (χ3v) is 2.46. The molecule has 0 unspecified atom stereocenters. The van der Waals surface area contributed by atoms with Gasteiger partial charge < -0.3 is 4.74 Å². The van der Waals surface area contributed by atoms with Gasteiger partial charge in [-0.15, -0.1) is 0 Å². The Hall–Kier alpha value is -1.33. The van der Waals surface area contributed by atoms with Crippen LogP contribution in [0.4, 0.5) is 5.82 Å². The first-order valence-corrected chi connectivity index (χ1v) is 5.82. The normalized spacial score (nSPS) is 10.1. The molecule has 0 radical (unpaired) electrons. The van der Waals surface area contributed by atoms with Crippen LogP contribution in [0.1, 0.15) is 19.4 Å². The molecule has 0 spiro atoms. The molecular weight excluding hydrogens is 242 g/mol. The molecule has 0 saturated heterocycles. The molecule has 0 saturated carbocycles. The van der Waals surface area contributed by atoms with Crippen LogP contribution in [0.3, 0.4) is 0 Å². The van der Waals surface area contributed by atoms with Crippen molar-refractivity contribution in [3.05, 3.63) is 22.8 Å². The van der Waals surface area contributed by atoms with E-state index in [9.17, 15) is 4.79 Å². The highest BCUT2D eigenvalue weighted by Crippen LogP contribution is 2.21. The monoisotopic (exact) mass is 257 g/mol. The molecule has 1 aromatic heterocycles. The number of halogens is 1. The van der Waals surface area contributed by atoms with Gasteiger partial charge in [0.25, 0.3) is 5.91 Å². The van der Waals surface area contributed by atoms with Crippen LogP contribution < -0.4 is 10.9 Å². The lowest BCUT2D eigenvalue weighted by Gasteiger charge is -2.11. The van der Waals surface area contributed by atoms with Gasteiger partial charge in [-0.25, -0.2) is 4.98 Å². The molecule has 1 amide bonds. The van der Waals surface area contributed by atoms with Crippen molar-refractivity contribution in [2.75, 3.05) is 18.6 Å². The van der Waals surface area contributed by atoms with E-state index in [0.717, 1.165) is 12.0 Å². The average molecular weight is 258 g/mol. The van der Waals surface area contributed by atoms with Crippen LogP contribution in [0, 0.1) is 0 Å². The number of ether oxygens (including phenoxy) is 1. The summed E-state index contributed by atoms with van der Waals surface area (Å²) < 4.78 is 4.97. The minimum Gasteiger partial charge on any atom is -0.372 e. The van der Waals surface area contributed by atoms with Crippen LogP contribution in [0.5, 0.6) is 0 Å². The van der Waals surface area contributed by atoms with E-state index in [-0.39, 0.29) is 12.5 Å². The number of hydrazine groups is 1. The summed E-state index contributed by atoms with van der Waals surface area (Å²) in [7, 11) is 0. The van der Waals surface area contributed by atoms with E-state index in [1.165, 1.54) is 0 Å². The number of rotatable bonds is 6. The first-order chi connectivity index (χ1) is 8.19. The lowest BCUT2D eigenvalue weighted by atomic mass is 10.2. The van der Waals surface area contributed by atoms with Crippen LogP contribution in [-0.4, -0.2) is 24.1 Å². The number of hydrogen-bond acceptors (Lipinski definition) is 4. The second-order valence-electron chi connectivity index (χ2n) is 3.28. The van der Waals surface area contributed by atoms with Crippen molar-refractivity contribution in [1.82, 2.24) is 10.4 Å². The van der Waals surface area contributed by atoms with Gasteiger partial charge in [-0.1, -0.05) is 18.5 Å². The third kappa shape index (κ3) is 4.20. The van der Waals surface area contributed by atoms with Crippen molar-refractivity contribution < 1.29 is 9.53 Å². The summed E-state index contributed by atoms with van der Waals surface area (Å²) >= 11 is 6.01. The number of aromatic nitrogens is 1. The predicted molar refractivity (Wildman–Crippen MR) is 66.9 cm³/mol. The molecule has 1 rings (SSSR count). The van der Waals surface area contributed by atoms with E-state index in [2.05, 4.69) is 15.8 Å². The smallest absolute Gasteiger partial charge is 0.264 e. The zero-order valence-corrected chi connectivity index (χ0v) is 10.7. The Morgan fingerprint density at radius 1 is 1.53 bits per heavy atom. The van der Waals surface area contributed by atoms with Crippen molar-refractivity contribution in [1.29, 1.82) is 0 Å². The van der Waals surface area contributed by atoms with Crippen LogP contribution in [0.2, 0.25) is 5.02 Å². The molecule has 0 aliphatic rings. The van der Waals surface area contributed by atoms with Crippen molar-refractivity contribution >= 4 is 23.3 Å². The highest BCUT2D eigenvalue weighted by molar-refractivity contribution is 6.31. The Morgan fingerprint density at radius 2 is 2.29 bits per heavy atom. The van der Waals surface area contributed by atoms with Crippen molar-refractivity contribution in [2.45, 2.75) is 20.3 Å². The number of carbonyl (C=O) groups is 1. The zero-order chi connectivity index (χ0) is 12.7. The maximum absolute atomic E-state index is 11.3. The average Bonchev–Trinajstić information content (AvgIpc) is 2.33. The second kappa shape index (κ2) is 7.09. The Labute approximate surface area is 105 Å². The van der Waals surface area contributed by atoms with Crippen LogP contribution in [-0.2, 0) is 16.0 Å². The molecule has 0 bridgehead atoms. The molecule has 5 nitrogen and oxygen atoms in total. The summed E-state index contributed by atoms with van der Waals surface area (Å²) in [6.45, 7) is 4.32. The summed E-state index contributed by atoms with van der Waals surface area (Å²) in [5.41, 5.74) is 6.11. The molecule has 1 heterocycles. The number of nitrogens with zero attached hydrogens (tertiary/aromatic N) is 1. The second-order valence-corrected chi connectivity index (χ2v) is 3.69. The van der Waals surface area contributed by atoms with Gasteiger partial charge >= 0.3 is 0 Å². The quantitative estimate of drug-likeness (QED) is 0.763. The molecule has 0 aromatic carbocycles. The van der Waals surface area contributed by atoms with Gasteiger partial charge in [0, 0.05) is 23.4 Å². The summed E-state index contributed by atoms with van der Waals surface area (Å²) in [6.07, 6.45) is 2.31. The fourth-order valence-electron chi connectivity index (χ4n) is 1.27. The summed E-state index contributed by atoms with van der Waals surface area (Å²) in [4.78, 5) is 15.4. The van der Waals surface area contributed by atoms with E-state index in [1.807, 2.05) is 13.8 Å². The molecule has 0 aliphatic carbocycles. The molecular formula is C11H16ClN3O2. The van der Waals surface area contributed by atoms with Crippen LogP contribution in [0.15, 0.2) is 12.3 Å². The Morgan fingerprint density at radius 3 is 2.94 bits per heavy atom. The molecule has 94 valence electrons. The first-order valence-electron chi connectivity index (χ1n) is 5.45. The number of nitrogens with one attached hydrogen (secondary N) is 2. The maximum atomic E-state index is 11.3. The summed E-state index contributed by atoms with van der Waals surface area (Å²) in [6, 6.07) is 1.72. The van der Waals surface area contributed by atoms with E-state index < -0.39 is 0 Å². The molecule has 1 aromatic rings. The van der Waals surface area contributed by atoms with E-state index in [0.29, 0.717) is 17.4 Å². The number of carbonyl (C=O) groups excluding carboxylic acids is 1. The topological polar surface area (TPSA) is 63.2 Å². The molecule has 2 N–H and O–H groups in total. The lowest BCUT2D eigenvalue weighted by molar-refractivity contribution is -0.125. The maximum Gasteiger partial charge on any atom is 0.264 e. The number of amides is 1. The van der Waals surface area contributed by atoms with Gasteiger partial charge in [-0.3, -0.25) is 15.6 Å². The number of hydrogen-bond donors (Lipinski definition) is 2. The molecule has 17 heavy (non-hydrogen) atoms. The van der Waals surface area contributed by atoms with Crippen molar-refractivity contribution in [2.24, 2.45) is 0 Å². The highest BCUT2D eigenvalue weighted by atomic mass is 35.5. The Kier molecular flexibility index (Phi) is 5.72. The number of pyridine rings is 1. The minimum atomic E-state index is -0.254. The van der Waals surface area contributed by atoms with E-state index in [1.54, 1.807) is 12.3 Å². The SMILES string of the molecule is CCOCC(=O)NNc1nccc(Cl)c1CC. The summed E-state index contributed by atoms with van der Waals surface area (Å²) in [5.74, 6) is 0.306. The standard InChI is InChI=1S/C11H16ClN3O2/c1-3-8-9(12)5-6-13-11(8)15-14-10(16)7-17-4-2/h5-6H,3-4,7H2,1-2H3,(H,13,15)(H,14,16). The van der Waals surface area contributed by atoms with Gasteiger partial charge in [0.1, 0.15) is 12.4 Å². The van der Waals surface area contributed by atoms with Gasteiger partial charge in [0.2, 0.25) is 0 Å². The van der Waals surface area contributed by atoms with Gasteiger partial charge in [-0.05, 0) is 19.4 Å². The Bertz CT molecular complexity index is 385. The summed E-state index contributed by atoms with van der Waals surface area (Å²) in [5, 5.41) is 0.629. The molecule has 0 fully saturated rings. The number of anilines is 1. The van der Waals surface area contributed by atoms with E-state index in [4.69, 9.17) is 16.3 Å². The lowest BCUT2D eigenvalue weighted by Crippen LogP contribution is -2.33. The van der Waals surface area contributed by atoms with Crippen molar-refractivity contribution in [3.63, 3.8) is 0 Å². The van der Waals surface area contributed by atoms with Gasteiger partial charge in [0.05, 0.1) is 0 Å². The zero-order valence-electron chi connectivity index (χ0n) is 9.92. The van der Waals surface area contributed by atoms with Crippen molar-refractivity contribution in [3.8, 4) is 0 Å². The first kappa shape index (κ1) is 13.7. The molecule has 0 atom stereocenters. The molecule has 0 aliphatic heterocycles. The highest BCUT2D eigenvalue weighted by Gasteiger charge is 2.07. The minimum absolute atomic E-state index is 0.0194. The fourth-order valence-corrected chi connectivity index (χ4v) is 1.55. The van der Waals surface area contributed by atoms with Gasteiger partial charge in [-0.2, -0.15) is 0 Å². The largest absolute Gasteiger partial charge is 0.372 e. The third-order valence-electron chi connectivity index (χ3n) is 2.11. The van der Waals surface area contributed by atoms with Gasteiger partial charge in [0.15, 0.2) is 0 Å². The van der Waals surface area contributed by atoms with Crippen LogP contribution in [0.25, 0.3) is 0 Å². The fraction of sp³-hybridized carbons (Fsp3) is 0.455. The molecule has 6 heteroatoms. The van der Waals surface area contributed by atoms with E-state index >= 15 is 0 Å². The Balaban J connectivity index is 2.57. The van der Waals surface area contributed by atoms with Crippen LogP contribution >= 0.6 is 11.6 Å². The predicted octanol–water partition coefficient (Wildman–Crippen LogP) is 1.78.